The van der Waals surface area contributed by atoms with Crippen LogP contribution < -0.4 is 4.90 Å². The van der Waals surface area contributed by atoms with Crippen LogP contribution in [0.5, 0.6) is 0 Å². The van der Waals surface area contributed by atoms with Crippen molar-refractivity contribution < 1.29 is 14.8 Å². The molecule has 2 rings (SSSR count). The van der Waals surface area contributed by atoms with Crippen LogP contribution in [0.4, 0.5) is 16.2 Å². The molecule has 8 heteroatoms. The van der Waals surface area contributed by atoms with Crippen molar-refractivity contribution in [1.29, 1.82) is 0 Å². The van der Waals surface area contributed by atoms with Gasteiger partial charge in [0.15, 0.2) is 0 Å². The highest BCUT2D eigenvalue weighted by Gasteiger charge is 2.37. The monoisotopic (exact) mass is 336 g/mol. The van der Waals surface area contributed by atoms with E-state index in [1.807, 2.05) is 25.7 Å². The molecule has 2 heterocycles. The zero-order valence-electron chi connectivity index (χ0n) is 14.5. The van der Waals surface area contributed by atoms with Crippen molar-refractivity contribution in [2.45, 2.75) is 52.1 Å². The fourth-order valence-electron chi connectivity index (χ4n) is 3.45. The van der Waals surface area contributed by atoms with E-state index < -0.39 is 16.6 Å². The first kappa shape index (κ1) is 18.0. The second-order valence-corrected chi connectivity index (χ2v) is 7.15. The number of anilines is 1. The van der Waals surface area contributed by atoms with Gasteiger partial charge in [-0.1, -0.05) is 0 Å². The summed E-state index contributed by atoms with van der Waals surface area (Å²) >= 11 is 0. The zero-order chi connectivity index (χ0) is 18.1. The maximum Gasteiger partial charge on any atom is 0.408 e. The van der Waals surface area contributed by atoms with Gasteiger partial charge >= 0.3 is 11.8 Å². The molecule has 1 fully saturated rings. The van der Waals surface area contributed by atoms with Crippen LogP contribution in [0.1, 0.15) is 39.2 Å². The van der Waals surface area contributed by atoms with Crippen LogP contribution in [0, 0.1) is 17.0 Å². The predicted octanol–water partition coefficient (Wildman–Crippen LogP) is 3.05. The molecular weight excluding hydrogens is 312 g/mol. The number of carboxylic acid groups (broad SMARTS) is 1. The Bertz CT molecular complexity index is 641. The lowest BCUT2D eigenvalue weighted by Crippen LogP contribution is -2.57. The molecule has 24 heavy (non-hydrogen) atoms. The summed E-state index contributed by atoms with van der Waals surface area (Å²) in [6.07, 6.45) is 3.42. The third-order valence-electron chi connectivity index (χ3n) is 4.28. The van der Waals surface area contributed by atoms with E-state index in [-0.39, 0.29) is 11.7 Å². The molecule has 1 aromatic heterocycles. The summed E-state index contributed by atoms with van der Waals surface area (Å²) < 4.78 is 0. The minimum atomic E-state index is -0.963. The van der Waals surface area contributed by atoms with Gasteiger partial charge in [0.1, 0.15) is 11.9 Å². The van der Waals surface area contributed by atoms with E-state index in [4.69, 9.17) is 0 Å². The van der Waals surface area contributed by atoms with Gasteiger partial charge in [-0.25, -0.2) is 4.79 Å². The van der Waals surface area contributed by atoms with Crippen LogP contribution in [-0.2, 0) is 0 Å². The standard InChI is InChI=1S/C16H24N4O4/c1-11-8-17-9-13(20(23)24)14(11)18-7-5-6-12(10-18)19(15(21)22)16(2,3)4/h8-9,12H,5-7,10H2,1-4H3,(H,21,22)/t12-/m0/s1. The fraction of sp³-hybridized carbons (Fsp3) is 0.625. The average Bonchev–Trinajstić information content (AvgIpc) is 2.45. The lowest BCUT2D eigenvalue weighted by atomic mass is 9.97. The van der Waals surface area contributed by atoms with Crippen molar-refractivity contribution in [1.82, 2.24) is 9.88 Å². The second-order valence-electron chi connectivity index (χ2n) is 7.15. The molecule has 0 bridgehead atoms. The molecule has 0 saturated carbocycles. The van der Waals surface area contributed by atoms with E-state index in [9.17, 15) is 20.0 Å². The van der Waals surface area contributed by atoms with E-state index in [1.54, 1.807) is 13.1 Å². The minimum Gasteiger partial charge on any atom is -0.465 e. The second kappa shape index (κ2) is 6.62. The molecule has 1 N–H and O–H groups in total. The normalized spacial score (nSPS) is 18.3. The van der Waals surface area contributed by atoms with Gasteiger partial charge in [0.2, 0.25) is 0 Å². The maximum atomic E-state index is 11.7. The van der Waals surface area contributed by atoms with E-state index in [0.29, 0.717) is 18.8 Å². The Kier molecular flexibility index (Phi) is 4.96. The largest absolute Gasteiger partial charge is 0.465 e. The van der Waals surface area contributed by atoms with Gasteiger partial charge in [0, 0.05) is 24.8 Å². The highest BCUT2D eigenvalue weighted by atomic mass is 16.6. The molecule has 1 amide bonds. The Labute approximate surface area is 141 Å². The van der Waals surface area contributed by atoms with Crippen LogP contribution in [0.15, 0.2) is 12.4 Å². The number of nitro groups is 1. The lowest BCUT2D eigenvalue weighted by molar-refractivity contribution is -0.384. The van der Waals surface area contributed by atoms with Gasteiger partial charge in [-0.05, 0) is 46.1 Å². The Hall–Kier alpha value is -2.38. The number of hydrogen-bond acceptors (Lipinski definition) is 5. The molecule has 0 spiro atoms. The van der Waals surface area contributed by atoms with Crippen LogP contribution in [0.25, 0.3) is 0 Å². The van der Waals surface area contributed by atoms with E-state index in [0.717, 1.165) is 18.4 Å². The van der Waals surface area contributed by atoms with Crippen LogP contribution >= 0.6 is 0 Å². The van der Waals surface area contributed by atoms with Crippen molar-refractivity contribution in [3.8, 4) is 0 Å². The van der Waals surface area contributed by atoms with Gasteiger partial charge in [-0.2, -0.15) is 0 Å². The van der Waals surface area contributed by atoms with Gasteiger partial charge in [0.25, 0.3) is 0 Å². The van der Waals surface area contributed by atoms with E-state index >= 15 is 0 Å². The molecule has 0 unspecified atom stereocenters. The van der Waals surface area contributed by atoms with Crippen molar-refractivity contribution in [2.75, 3.05) is 18.0 Å². The summed E-state index contributed by atoms with van der Waals surface area (Å²) in [5, 5.41) is 20.9. The Morgan fingerprint density at radius 3 is 2.67 bits per heavy atom. The molecule has 1 aromatic rings. The van der Waals surface area contributed by atoms with Crippen molar-refractivity contribution in [3.05, 3.63) is 28.1 Å². The zero-order valence-corrected chi connectivity index (χ0v) is 14.5. The summed E-state index contributed by atoms with van der Waals surface area (Å²) in [6, 6.07) is -0.205. The average molecular weight is 336 g/mol. The molecule has 8 nitrogen and oxygen atoms in total. The van der Waals surface area contributed by atoms with E-state index in [2.05, 4.69) is 4.98 Å². The Morgan fingerprint density at radius 2 is 2.12 bits per heavy atom. The van der Waals surface area contributed by atoms with Crippen molar-refractivity contribution in [3.63, 3.8) is 0 Å². The van der Waals surface area contributed by atoms with Crippen LogP contribution in [0.3, 0.4) is 0 Å². The number of nitrogens with zero attached hydrogens (tertiary/aromatic N) is 4. The molecule has 0 aromatic carbocycles. The third kappa shape index (κ3) is 3.58. The topological polar surface area (TPSA) is 99.8 Å². The quantitative estimate of drug-likeness (QED) is 0.672. The van der Waals surface area contributed by atoms with Crippen molar-refractivity contribution >= 4 is 17.5 Å². The fourth-order valence-corrected chi connectivity index (χ4v) is 3.45. The molecular formula is C16H24N4O4. The molecule has 0 aliphatic carbocycles. The van der Waals surface area contributed by atoms with Crippen molar-refractivity contribution in [2.24, 2.45) is 0 Å². The van der Waals surface area contributed by atoms with Gasteiger partial charge < -0.3 is 10.0 Å². The van der Waals surface area contributed by atoms with Gasteiger partial charge in [-0.15, -0.1) is 0 Å². The number of piperidine rings is 1. The Morgan fingerprint density at radius 1 is 1.46 bits per heavy atom. The number of carbonyl (C=O) groups is 1. The van der Waals surface area contributed by atoms with Crippen LogP contribution in [-0.4, -0.2) is 50.7 Å². The predicted molar refractivity (Wildman–Crippen MR) is 90.5 cm³/mol. The summed E-state index contributed by atoms with van der Waals surface area (Å²) in [5.74, 6) is 0. The summed E-state index contributed by atoms with van der Waals surface area (Å²) in [4.78, 5) is 29.9. The van der Waals surface area contributed by atoms with Gasteiger partial charge in [0.05, 0.1) is 11.0 Å². The molecule has 132 valence electrons. The van der Waals surface area contributed by atoms with Crippen LogP contribution in [0.2, 0.25) is 0 Å². The lowest BCUT2D eigenvalue weighted by Gasteiger charge is -2.44. The third-order valence-corrected chi connectivity index (χ3v) is 4.28. The maximum absolute atomic E-state index is 11.7. The number of aromatic nitrogens is 1. The molecule has 0 radical (unpaired) electrons. The highest BCUT2D eigenvalue weighted by molar-refractivity contribution is 5.68. The number of rotatable bonds is 3. The molecule has 1 saturated heterocycles. The Balaban J connectivity index is 2.35. The molecule has 1 aliphatic heterocycles. The number of aryl methyl sites for hydroxylation is 1. The smallest absolute Gasteiger partial charge is 0.408 e. The first-order chi connectivity index (χ1) is 11.1. The summed E-state index contributed by atoms with van der Waals surface area (Å²) in [6.45, 7) is 8.48. The minimum absolute atomic E-state index is 0.0340. The summed E-state index contributed by atoms with van der Waals surface area (Å²) in [5.41, 5.74) is 0.702. The van der Waals surface area contributed by atoms with E-state index in [1.165, 1.54) is 11.1 Å². The molecule has 1 atom stereocenters. The molecule has 1 aliphatic rings. The SMILES string of the molecule is Cc1cncc([N+](=O)[O-])c1N1CCC[C@H](N(C(=O)O)C(C)(C)C)C1. The first-order valence-electron chi connectivity index (χ1n) is 7.99. The highest BCUT2D eigenvalue weighted by Crippen LogP contribution is 2.34. The summed E-state index contributed by atoms with van der Waals surface area (Å²) in [7, 11) is 0. The van der Waals surface area contributed by atoms with Gasteiger partial charge in [-0.3, -0.25) is 20.0 Å². The number of pyridine rings is 1. The number of amides is 1. The number of hydrogen-bond donors (Lipinski definition) is 1. The first-order valence-corrected chi connectivity index (χ1v) is 7.99.